The number of hydrogen-bond donors (Lipinski definition) is 0. The van der Waals surface area contributed by atoms with Gasteiger partial charge in [-0.3, -0.25) is 14.4 Å². The number of carbonyl (C=O) groups is 3. The smallest absolute Gasteiger partial charge is 0.306 e. The Morgan fingerprint density at radius 1 is 0.388 bits per heavy atom. The Labute approximate surface area is 304 Å². The molecule has 0 radical (unpaired) electrons. The highest BCUT2D eigenvalue weighted by Gasteiger charge is 2.19. The molecule has 0 heterocycles. The van der Waals surface area contributed by atoms with E-state index in [9.17, 15) is 14.4 Å². The summed E-state index contributed by atoms with van der Waals surface area (Å²) in [5, 5.41) is 0. The van der Waals surface area contributed by atoms with Crippen LogP contribution >= 0.6 is 0 Å². The van der Waals surface area contributed by atoms with Gasteiger partial charge in [0.15, 0.2) is 6.10 Å². The molecule has 49 heavy (non-hydrogen) atoms. The lowest BCUT2D eigenvalue weighted by atomic mass is 10.0. The normalized spacial score (nSPS) is 11.9. The molecule has 1 atom stereocenters. The molecule has 0 aliphatic heterocycles. The van der Waals surface area contributed by atoms with Crippen LogP contribution in [0.3, 0.4) is 0 Å². The summed E-state index contributed by atoms with van der Waals surface area (Å²) < 4.78 is 16.6. The average molecular weight is 695 g/mol. The van der Waals surface area contributed by atoms with E-state index >= 15 is 0 Å². The van der Waals surface area contributed by atoms with Gasteiger partial charge in [-0.1, -0.05) is 195 Å². The fourth-order valence-corrected chi connectivity index (χ4v) is 6.27. The minimum atomic E-state index is -0.758. The van der Waals surface area contributed by atoms with E-state index in [4.69, 9.17) is 14.2 Å². The lowest BCUT2D eigenvalue weighted by Gasteiger charge is -2.18. The Balaban J connectivity index is 4.34. The second-order valence-electron chi connectivity index (χ2n) is 15.1. The van der Waals surface area contributed by atoms with Crippen LogP contribution in [0.5, 0.6) is 0 Å². The van der Waals surface area contributed by atoms with Crippen molar-refractivity contribution in [2.75, 3.05) is 13.2 Å². The summed E-state index contributed by atoms with van der Waals surface area (Å²) in [5.41, 5.74) is 0. The average Bonchev–Trinajstić information content (AvgIpc) is 3.08. The molecule has 0 saturated heterocycles. The molecule has 290 valence electrons. The summed E-state index contributed by atoms with van der Waals surface area (Å²) in [6.07, 6.45) is 35.2. The van der Waals surface area contributed by atoms with Gasteiger partial charge in [0.05, 0.1) is 0 Å². The third kappa shape index (κ3) is 37.5. The lowest BCUT2D eigenvalue weighted by Crippen LogP contribution is -2.30. The van der Waals surface area contributed by atoms with Crippen LogP contribution < -0.4 is 0 Å². The molecule has 0 saturated carbocycles. The first-order valence-corrected chi connectivity index (χ1v) is 21.4. The van der Waals surface area contributed by atoms with Gasteiger partial charge in [0, 0.05) is 19.3 Å². The van der Waals surface area contributed by atoms with E-state index in [2.05, 4.69) is 27.7 Å². The van der Waals surface area contributed by atoms with Gasteiger partial charge in [0.2, 0.25) is 0 Å². The predicted octanol–water partition coefficient (Wildman–Crippen LogP) is 13.2. The van der Waals surface area contributed by atoms with Crippen LogP contribution in [-0.4, -0.2) is 37.2 Å². The maximum atomic E-state index is 12.6. The highest BCUT2D eigenvalue weighted by Crippen LogP contribution is 2.15. The van der Waals surface area contributed by atoms with Crippen molar-refractivity contribution in [1.29, 1.82) is 0 Å². The fraction of sp³-hybridized carbons (Fsp3) is 0.930. The summed E-state index contributed by atoms with van der Waals surface area (Å²) in [5.74, 6) is -0.0850. The second kappa shape index (κ2) is 37.7. The van der Waals surface area contributed by atoms with Crippen LogP contribution in [0.4, 0.5) is 0 Å². The molecule has 0 aliphatic rings. The van der Waals surface area contributed by atoms with Crippen molar-refractivity contribution in [3.8, 4) is 0 Å². The van der Waals surface area contributed by atoms with Crippen molar-refractivity contribution in [2.45, 2.75) is 239 Å². The molecular formula is C43H82O6. The molecule has 0 bridgehead atoms. The first kappa shape index (κ1) is 47.4. The number of carbonyl (C=O) groups excluding carboxylic acids is 3. The summed E-state index contributed by atoms with van der Waals surface area (Å²) in [6, 6.07) is 0. The molecule has 0 aromatic carbocycles. The molecule has 0 aromatic heterocycles. The Hall–Kier alpha value is -1.59. The second-order valence-corrected chi connectivity index (χ2v) is 15.1. The van der Waals surface area contributed by atoms with Crippen LogP contribution in [0.2, 0.25) is 0 Å². The van der Waals surface area contributed by atoms with Crippen molar-refractivity contribution >= 4 is 17.9 Å². The van der Waals surface area contributed by atoms with E-state index in [1.54, 1.807) is 0 Å². The summed E-state index contributed by atoms with van der Waals surface area (Å²) >= 11 is 0. The highest BCUT2D eigenvalue weighted by molar-refractivity contribution is 5.71. The van der Waals surface area contributed by atoms with E-state index in [0.29, 0.717) is 19.3 Å². The van der Waals surface area contributed by atoms with Crippen LogP contribution in [-0.2, 0) is 28.6 Å². The monoisotopic (exact) mass is 695 g/mol. The quantitative estimate of drug-likeness (QED) is 0.0364. The third-order valence-electron chi connectivity index (χ3n) is 9.54. The van der Waals surface area contributed by atoms with Gasteiger partial charge in [-0.05, 0) is 25.2 Å². The van der Waals surface area contributed by atoms with E-state index in [1.165, 1.54) is 128 Å². The number of rotatable bonds is 38. The molecule has 0 fully saturated rings. The highest BCUT2D eigenvalue weighted by atomic mass is 16.6. The van der Waals surface area contributed by atoms with E-state index in [-0.39, 0.29) is 31.1 Å². The number of hydrogen-bond acceptors (Lipinski definition) is 6. The standard InChI is InChI=1S/C43H82O6/c1-5-7-9-11-13-15-17-19-23-27-31-35-42(45)48-38-40(49-43(46)36-32-28-24-20-21-25-29-33-39(3)4)37-47-41(44)34-30-26-22-18-16-14-12-10-8-6-2/h39-40H,5-38H2,1-4H3/t40-/m1/s1. The third-order valence-corrected chi connectivity index (χ3v) is 9.54. The van der Waals surface area contributed by atoms with Gasteiger partial charge in [-0.15, -0.1) is 0 Å². The minimum absolute atomic E-state index is 0.0650. The van der Waals surface area contributed by atoms with Gasteiger partial charge >= 0.3 is 17.9 Å². The van der Waals surface area contributed by atoms with Crippen molar-refractivity contribution < 1.29 is 28.6 Å². The molecule has 0 aromatic rings. The molecule has 0 rings (SSSR count). The van der Waals surface area contributed by atoms with Gasteiger partial charge in [-0.25, -0.2) is 0 Å². The van der Waals surface area contributed by atoms with Crippen LogP contribution in [0.25, 0.3) is 0 Å². The molecule has 6 nitrogen and oxygen atoms in total. The molecular weight excluding hydrogens is 612 g/mol. The van der Waals surface area contributed by atoms with Crippen molar-refractivity contribution in [2.24, 2.45) is 5.92 Å². The summed E-state index contributed by atoms with van der Waals surface area (Å²) in [6.45, 7) is 8.91. The SMILES string of the molecule is CCCCCCCCCCCCCC(=O)OC[C@@H](COC(=O)CCCCCCCCCCCC)OC(=O)CCCCCCCCCC(C)C. The number of esters is 3. The first-order chi connectivity index (χ1) is 23.9. The summed E-state index contributed by atoms with van der Waals surface area (Å²) in [4.78, 5) is 37.5. The molecule has 0 unspecified atom stereocenters. The van der Waals surface area contributed by atoms with Gasteiger partial charge in [0.25, 0.3) is 0 Å². The molecule has 0 N–H and O–H groups in total. The fourth-order valence-electron chi connectivity index (χ4n) is 6.27. The Bertz CT molecular complexity index is 736. The topological polar surface area (TPSA) is 78.9 Å². The summed E-state index contributed by atoms with van der Waals surface area (Å²) in [7, 11) is 0. The zero-order valence-corrected chi connectivity index (χ0v) is 33.1. The molecule has 0 amide bonds. The predicted molar refractivity (Wildman–Crippen MR) is 206 cm³/mol. The molecule has 0 aliphatic carbocycles. The van der Waals surface area contributed by atoms with Crippen LogP contribution in [0, 0.1) is 5.92 Å². The maximum absolute atomic E-state index is 12.6. The van der Waals surface area contributed by atoms with Gasteiger partial charge < -0.3 is 14.2 Å². The van der Waals surface area contributed by atoms with E-state index in [0.717, 1.165) is 63.7 Å². The van der Waals surface area contributed by atoms with E-state index < -0.39 is 6.10 Å². The zero-order valence-electron chi connectivity index (χ0n) is 33.1. The zero-order chi connectivity index (χ0) is 36.0. The van der Waals surface area contributed by atoms with Crippen LogP contribution in [0.15, 0.2) is 0 Å². The van der Waals surface area contributed by atoms with Crippen molar-refractivity contribution in [3.05, 3.63) is 0 Å². The van der Waals surface area contributed by atoms with Gasteiger partial charge in [-0.2, -0.15) is 0 Å². The largest absolute Gasteiger partial charge is 0.462 e. The van der Waals surface area contributed by atoms with Gasteiger partial charge in [0.1, 0.15) is 13.2 Å². The van der Waals surface area contributed by atoms with Crippen LogP contribution in [0.1, 0.15) is 233 Å². The first-order valence-electron chi connectivity index (χ1n) is 21.4. The van der Waals surface area contributed by atoms with Crippen molar-refractivity contribution in [1.82, 2.24) is 0 Å². The van der Waals surface area contributed by atoms with Crippen molar-refractivity contribution in [3.63, 3.8) is 0 Å². The molecule has 0 spiro atoms. The maximum Gasteiger partial charge on any atom is 0.306 e. The minimum Gasteiger partial charge on any atom is -0.462 e. The van der Waals surface area contributed by atoms with E-state index in [1.807, 2.05) is 0 Å². The Morgan fingerprint density at radius 3 is 1.00 bits per heavy atom. The number of unbranched alkanes of at least 4 members (excludes halogenated alkanes) is 25. The Morgan fingerprint density at radius 2 is 0.673 bits per heavy atom. The lowest BCUT2D eigenvalue weighted by molar-refractivity contribution is -0.167. The number of ether oxygens (including phenoxy) is 3. The molecule has 6 heteroatoms. The Kier molecular flexibility index (Phi) is 36.4.